The topological polar surface area (TPSA) is 44.1 Å². The average Bonchev–Trinajstić information content (AvgIpc) is 3.08. The van der Waals surface area contributed by atoms with Gasteiger partial charge in [0.05, 0.1) is 0 Å². The molecule has 0 saturated heterocycles. The lowest BCUT2D eigenvalue weighted by atomic mass is 9.89. The van der Waals surface area contributed by atoms with Crippen molar-refractivity contribution >= 4 is 6.09 Å². The van der Waals surface area contributed by atoms with Crippen molar-refractivity contribution in [2.75, 3.05) is 0 Å². The van der Waals surface area contributed by atoms with Crippen LogP contribution in [-0.2, 0) is 4.74 Å². The molecule has 4 nitrogen and oxygen atoms in total. The minimum Gasteiger partial charge on any atom is -0.446 e. The first kappa shape index (κ1) is 17.7. The van der Waals surface area contributed by atoms with Gasteiger partial charge in [0.2, 0.25) is 0 Å². The van der Waals surface area contributed by atoms with E-state index in [1.54, 1.807) is 17.0 Å². The molecule has 1 aliphatic carbocycles. The molecule has 0 N–H and O–H groups in total. The normalized spacial score (nSPS) is 21.8. The number of hydrogen-bond acceptors (Lipinski definition) is 3. The zero-order valence-electron chi connectivity index (χ0n) is 15.7. The van der Waals surface area contributed by atoms with Gasteiger partial charge in [0.25, 0.3) is 0 Å². The summed E-state index contributed by atoms with van der Waals surface area (Å²) in [5.74, 6) is 1.51. The van der Waals surface area contributed by atoms with E-state index in [0.717, 1.165) is 37.4 Å². The van der Waals surface area contributed by atoms with Crippen molar-refractivity contribution < 1.29 is 9.53 Å². The highest BCUT2D eigenvalue weighted by atomic mass is 16.6. The van der Waals surface area contributed by atoms with Crippen molar-refractivity contribution in [3.63, 3.8) is 0 Å². The van der Waals surface area contributed by atoms with Gasteiger partial charge in [0.1, 0.15) is 11.9 Å². The first-order valence-electron chi connectivity index (χ1n) is 9.27. The molecule has 1 aromatic carbocycles. The van der Waals surface area contributed by atoms with Crippen LogP contribution in [0.15, 0.2) is 30.6 Å². The van der Waals surface area contributed by atoms with E-state index in [1.165, 1.54) is 16.7 Å². The fourth-order valence-electron chi connectivity index (χ4n) is 3.72. The highest BCUT2D eigenvalue weighted by Gasteiger charge is 2.25. The summed E-state index contributed by atoms with van der Waals surface area (Å²) in [6, 6.07) is 6.28. The molecule has 1 heterocycles. The highest BCUT2D eigenvalue weighted by molar-refractivity contribution is 5.71. The number of hydrogen-bond donors (Lipinski definition) is 0. The Hall–Kier alpha value is -2.10. The van der Waals surface area contributed by atoms with Crippen LogP contribution >= 0.6 is 0 Å². The van der Waals surface area contributed by atoms with Crippen molar-refractivity contribution in [2.24, 2.45) is 5.92 Å². The van der Waals surface area contributed by atoms with E-state index in [1.807, 2.05) is 0 Å². The Labute approximate surface area is 150 Å². The summed E-state index contributed by atoms with van der Waals surface area (Å²) < 4.78 is 7.32. The van der Waals surface area contributed by atoms with Crippen LogP contribution in [0.1, 0.15) is 68.0 Å². The van der Waals surface area contributed by atoms with E-state index in [4.69, 9.17) is 4.74 Å². The molecule has 0 aliphatic heterocycles. The number of imidazole rings is 1. The molecule has 1 aromatic heterocycles. The van der Waals surface area contributed by atoms with Gasteiger partial charge < -0.3 is 4.74 Å². The molecule has 1 aliphatic rings. The zero-order valence-corrected chi connectivity index (χ0v) is 15.7. The third kappa shape index (κ3) is 3.78. The molecule has 0 bridgehead atoms. The van der Waals surface area contributed by atoms with Crippen molar-refractivity contribution in [3.8, 4) is 0 Å². The molecule has 0 unspecified atom stereocenters. The number of nitrogens with zero attached hydrogens (tertiary/aromatic N) is 2. The fraction of sp³-hybridized carbons (Fsp3) is 0.524. The van der Waals surface area contributed by atoms with Crippen molar-refractivity contribution in [1.82, 2.24) is 9.55 Å². The Morgan fingerprint density at radius 2 is 1.96 bits per heavy atom. The minimum absolute atomic E-state index is 0.0360. The Balaban J connectivity index is 1.78. The number of carbonyl (C=O) groups is 1. The molecule has 4 heteroatoms. The second kappa shape index (κ2) is 7.42. The molecule has 1 atom stereocenters. The van der Waals surface area contributed by atoms with Gasteiger partial charge in [-0.15, -0.1) is 0 Å². The standard InChI is InChI=1S/C21H28N2O2/c1-14-8-10-18(11-9-14)25-21(24)23-13-12-22-20(23)17(4)19-7-5-6-15(2)16(19)3/h5-7,12-14,17-18H,8-11H2,1-4H3/t14?,17-,18?/m0/s1. The molecular weight excluding hydrogens is 312 g/mol. The average molecular weight is 340 g/mol. The van der Waals surface area contributed by atoms with Crippen LogP contribution in [0.5, 0.6) is 0 Å². The molecule has 1 saturated carbocycles. The second-order valence-corrected chi connectivity index (χ2v) is 7.43. The maximum atomic E-state index is 12.7. The SMILES string of the molecule is Cc1cccc([C@H](C)c2nccn2C(=O)OC2CCC(C)CC2)c1C. The number of ether oxygens (including phenoxy) is 1. The Morgan fingerprint density at radius 1 is 1.24 bits per heavy atom. The molecular formula is C21H28N2O2. The predicted molar refractivity (Wildman–Crippen MR) is 99.0 cm³/mol. The van der Waals surface area contributed by atoms with E-state index in [-0.39, 0.29) is 18.1 Å². The van der Waals surface area contributed by atoms with Crippen molar-refractivity contribution in [3.05, 3.63) is 53.1 Å². The number of carbonyl (C=O) groups excluding carboxylic acids is 1. The Kier molecular flexibility index (Phi) is 5.26. The lowest BCUT2D eigenvalue weighted by Crippen LogP contribution is -2.27. The number of rotatable bonds is 3. The van der Waals surface area contributed by atoms with Crippen molar-refractivity contribution in [1.29, 1.82) is 0 Å². The molecule has 1 fully saturated rings. The molecule has 0 spiro atoms. The van der Waals surface area contributed by atoms with E-state index in [0.29, 0.717) is 0 Å². The lowest BCUT2D eigenvalue weighted by molar-refractivity contribution is 0.0667. The van der Waals surface area contributed by atoms with E-state index in [2.05, 4.69) is 50.9 Å². The van der Waals surface area contributed by atoms with Gasteiger partial charge >= 0.3 is 6.09 Å². The summed E-state index contributed by atoms with van der Waals surface area (Å²) in [5, 5.41) is 0. The maximum absolute atomic E-state index is 12.7. The summed E-state index contributed by atoms with van der Waals surface area (Å²) in [4.78, 5) is 17.1. The van der Waals surface area contributed by atoms with Crippen LogP contribution in [0.4, 0.5) is 4.79 Å². The van der Waals surface area contributed by atoms with Gasteiger partial charge in [-0.05, 0) is 62.1 Å². The van der Waals surface area contributed by atoms with E-state index < -0.39 is 0 Å². The second-order valence-electron chi connectivity index (χ2n) is 7.43. The van der Waals surface area contributed by atoms with Crippen LogP contribution in [0.25, 0.3) is 0 Å². The molecule has 25 heavy (non-hydrogen) atoms. The van der Waals surface area contributed by atoms with Gasteiger partial charge in [0, 0.05) is 18.3 Å². The lowest BCUT2D eigenvalue weighted by Gasteiger charge is -2.26. The predicted octanol–water partition coefficient (Wildman–Crippen LogP) is 5.22. The summed E-state index contributed by atoms with van der Waals surface area (Å²) in [5.41, 5.74) is 3.70. The van der Waals surface area contributed by atoms with Gasteiger partial charge in [-0.1, -0.05) is 32.0 Å². The van der Waals surface area contributed by atoms with Gasteiger partial charge in [-0.2, -0.15) is 0 Å². The number of aromatic nitrogens is 2. The first-order valence-corrected chi connectivity index (χ1v) is 9.27. The largest absolute Gasteiger partial charge is 0.446 e. The fourth-order valence-corrected chi connectivity index (χ4v) is 3.72. The third-order valence-corrected chi connectivity index (χ3v) is 5.60. The highest BCUT2D eigenvalue weighted by Crippen LogP contribution is 2.29. The monoisotopic (exact) mass is 340 g/mol. The molecule has 3 rings (SSSR count). The van der Waals surface area contributed by atoms with E-state index >= 15 is 0 Å². The summed E-state index contributed by atoms with van der Waals surface area (Å²) >= 11 is 0. The Bertz CT molecular complexity index is 742. The molecule has 134 valence electrons. The Morgan fingerprint density at radius 3 is 2.68 bits per heavy atom. The summed E-state index contributed by atoms with van der Waals surface area (Å²) in [6.45, 7) is 8.58. The maximum Gasteiger partial charge on any atom is 0.419 e. The van der Waals surface area contributed by atoms with Crippen molar-refractivity contribution in [2.45, 2.75) is 65.4 Å². The summed E-state index contributed by atoms with van der Waals surface area (Å²) in [7, 11) is 0. The van der Waals surface area contributed by atoms with Crippen LogP contribution in [0.2, 0.25) is 0 Å². The zero-order chi connectivity index (χ0) is 18.0. The van der Waals surface area contributed by atoms with Crippen LogP contribution < -0.4 is 0 Å². The van der Waals surface area contributed by atoms with Crippen LogP contribution in [0.3, 0.4) is 0 Å². The summed E-state index contributed by atoms with van der Waals surface area (Å²) in [6.07, 6.45) is 7.32. The number of aryl methyl sites for hydroxylation is 1. The third-order valence-electron chi connectivity index (χ3n) is 5.60. The molecule has 2 aromatic rings. The smallest absolute Gasteiger partial charge is 0.419 e. The number of benzene rings is 1. The minimum atomic E-state index is -0.302. The van der Waals surface area contributed by atoms with Gasteiger partial charge in [0.15, 0.2) is 0 Å². The van der Waals surface area contributed by atoms with Crippen LogP contribution in [-0.4, -0.2) is 21.7 Å². The quantitative estimate of drug-likeness (QED) is 0.770. The molecule has 0 radical (unpaired) electrons. The van der Waals surface area contributed by atoms with Crippen LogP contribution in [0, 0.1) is 19.8 Å². The van der Waals surface area contributed by atoms with Gasteiger partial charge in [-0.25, -0.2) is 14.3 Å². The van der Waals surface area contributed by atoms with E-state index in [9.17, 15) is 4.79 Å². The first-order chi connectivity index (χ1) is 12.0. The molecule has 0 amide bonds. The van der Waals surface area contributed by atoms with Gasteiger partial charge in [-0.3, -0.25) is 0 Å².